The van der Waals surface area contributed by atoms with Crippen LogP contribution in [0.1, 0.15) is 27.0 Å². The van der Waals surface area contributed by atoms with Crippen molar-refractivity contribution < 1.29 is 9.59 Å². The number of nitrogens with zero attached hydrogens (tertiary/aromatic N) is 1. The summed E-state index contributed by atoms with van der Waals surface area (Å²) >= 11 is 0. The topological polar surface area (TPSA) is 73.5 Å². The normalized spacial score (nSPS) is 10.5. The average Bonchev–Trinajstić information content (AvgIpc) is 2.64. The Morgan fingerprint density at radius 3 is 2.31 bits per heavy atom. The van der Waals surface area contributed by atoms with Crippen LogP contribution in [0.5, 0.6) is 0 Å². The number of urea groups is 1. The highest BCUT2D eigenvalue weighted by atomic mass is 16.2. The minimum atomic E-state index is -0.241. The summed E-state index contributed by atoms with van der Waals surface area (Å²) in [5, 5.41) is 8.29. The van der Waals surface area contributed by atoms with Crippen molar-refractivity contribution >= 4 is 11.9 Å². The van der Waals surface area contributed by atoms with Crippen LogP contribution in [0.15, 0.2) is 48.5 Å². The zero-order chi connectivity index (χ0) is 18.9. The Morgan fingerprint density at radius 1 is 0.923 bits per heavy atom. The number of benzene rings is 2. The largest absolute Gasteiger partial charge is 0.355 e. The lowest BCUT2D eigenvalue weighted by atomic mass is 10.1. The van der Waals surface area contributed by atoms with Gasteiger partial charge in [0, 0.05) is 32.2 Å². The van der Waals surface area contributed by atoms with Gasteiger partial charge in [0.25, 0.3) is 5.91 Å². The van der Waals surface area contributed by atoms with Crippen molar-refractivity contribution in [2.75, 3.05) is 21.1 Å². The maximum Gasteiger partial charge on any atom is 0.315 e. The fourth-order valence-corrected chi connectivity index (χ4v) is 2.61. The number of carbonyl (C=O) groups is 2. The van der Waals surface area contributed by atoms with Gasteiger partial charge in [0.2, 0.25) is 0 Å². The summed E-state index contributed by atoms with van der Waals surface area (Å²) in [7, 11) is 5.63. The summed E-state index contributed by atoms with van der Waals surface area (Å²) in [6, 6.07) is 15.0. The van der Waals surface area contributed by atoms with E-state index in [-0.39, 0.29) is 11.9 Å². The lowest BCUT2D eigenvalue weighted by Gasteiger charge is -2.15. The standard InChI is InChI=1S/C20H26N4O2/c1-21-19(25)16-10-6-7-15(11-16)12-22-20(26)23-13-17-8-4-5-9-18(17)14-24(2)3/h4-11H,12-14H2,1-3H3,(H,21,25)(H2,22,23,26). The molecule has 0 aliphatic carbocycles. The lowest BCUT2D eigenvalue weighted by Crippen LogP contribution is -2.35. The summed E-state index contributed by atoms with van der Waals surface area (Å²) in [6.45, 7) is 1.65. The van der Waals surface area contributed by atoms with Crippen molar-refractivity contribution in [1.29, 1.82) is 0 Å². The van der Waals surface area contributed by atoms with E-state index in [1.807, 2.05) is 38.4 Å². The highest BCUT2D eigenvalue weighted by Crippen LogP contribution is 2.10. The molecule has 0 fully saturated rings. The molecule has 2 rings (SSSR count). The Hall–Kier alpha value is -2.86. The molecule has 0 aliphatic rings. The van der Waals surface area contributed by atoms with Crippen LogP contribution in [0.2, 0.25) is 0 Å². The first-order valence-corrected chi connectivity index (χ1v) is 8.54. The van der Waals surface area contributed by atoms with Crippen LogP contribution in [0.3, 0.4) is 0 Å². The minimum absolute atomic E-state index is 0.145. The summed E-state index contributed by atoms with van der Waals surface area (Å²) in [4.78, 5) is 25.8. The van der Waals surface area contributed by atoms with Crippen molar-refractivity contribution in [2.45, 2.75) is 19.6 Å². The van der Waals surface area contributed by atoms with Gasteiger partial charge in [-0.2, -0.15) is 0 Å². The Kier molecular flexibility index (Phi) is 7.17. The van der Waals surface area contributed by atoms with E-state index in [4.69, 9.17) is 0 Å². The summed E-state index contributed by atoms with van der Waals surface area (Å²) < 4.78 is 0. The molecule has 6 heteroatoms. The van der Waals surface area contributed by atoms with E-state index >= 15 is 0 Å². The van der Waals surface area contributed by atoms with E-state index in [0.717, 1.165) is 17.7 Å². The fraction of sp³-hybridized carbons (Fsp3) is 0.300. The van der Waals surface area contributed by atoms with Crippen molar-refractivity contribution in [1.82, 2.24) is 20.9 Å². The molecule has 2 aromatic carbocycles. The molecule has 0 spiro atoms. The molecule has 26 heavy (non-hydrogen) atoms. The highest BCUT2D eigenvalue weighted by Gasteiger charge is 2.07. The number of hydrogen-bond donors (Lipinski definition) is 3. The predicted molar refractivity (Wildman–Crippen MR) is 103 cm³/mol. The molecule has 0 saturated heterocycles. The van der Waals surface area contributed by atoms with Crippen LogP contribution < -0.4 is 16.0 Å². The summed E-state index contributed by atoms with van der Waals surface area (Å²) in [5.41, 5.74) is 3.73. The minimum Gasteiger partial charge on any atom is -0.355 e. The highest BCUT2D eigenvalue weighted by molar-refractivity contribution is 5.94. The maximum atomic E-state index is 12.1. The number of carbonyl (C=O) groups excluding carboxylic acids is 2. The second kappa shape index (κ2) is 9.58. The molecule has 2 aromatic rings. The molecule has 0 heterocycles. The molecule has 0 aromatic heterocycles. The Bertz CT molecular complexity index is 759. The first kappa shape index (κ1) is 19.5. The van der Waals surface area contributed by atoms with Gasteiger partial charge in [-0.25, -0.2) is 4.79 Å². The lowest BCUT2D eigenvalue weighted by molar-refractivity contribution is 0.0963. The summed E-state index contributed by atoms with van der Waals surface area (Å²) in [6.07, 6.45) is 0. The molecule has 3 amide bonds. The molecular formula is C20H26N4O2. The average molecular weight is 354 g/mol. The van der Waals surface area contributed by atoms with Gasteiger partial charge in [-0.3, -0.25) is 4.79 Å². The molecule has 3 N–H and O–H groups in total. The van der Waals surface area contributed by atoms with Crippen LogP contribution in [0.25, 0.3) is 0 Å². The Morgan fingerprint density at radius 2 is 1.62 bits per heavy atom. The van der Waals surface area contributed by atoms with Gasteiger partial charge in [0.1, 0.15) is 0 Å². The van der Waals surface area contributed by atoms with Crippen LogP contribution in [-0.2, 0) is 19.6 Å². The van der Waals surface area contributed by atoms with E-state index in [2.05, 4.69) is 26.9 Å². The smallest absolute Gasteiger partial charge is 0.315 e. The van der Waals surface area contributed by atoms with Gasteiger partial charge in [0.05, 0.1) is 0 Å². The number of amides is 3. The van der Waals surface area contributed by atoms with Crippen LogP contribution >= 0.6 is 0 Å². The van der Waals surface area contributed by atoms with E-state index in [9.17, 15) is 9.59 Å². The van der Waals surface area contributed by atoms with Gasteiger partial charge in [0.15, 0.2) is 0 Å². The molecule has 0 aliphatic heterocycles. The van der Waals surface area contributed by atoms with Crippen LogP contribution in [0.4, 0.5) is 4.79 Å². The van der Waals surface area contributed by atoms with Crippen molar-refractivity contribution in [2.24, 2.45) is 0 Å². The van der Waals surface area contributed by atoms with E-state index in [1.165, 1.54) is 5.56 Å². The Labute approximate surface area is 154 Å². The molecule has 0 atom stereocenters. The van der Waals surface area contributed by atoms with Gasteiger partial charge < -0.3 is 20.9 Å². The second-order valence-electron chi connectivity index (χ2n) is 6.32. The van der Waals surface area contributed by atoms with Gasteiger partial charge in [-0.05, 0) is 42.9 Å². The van der Waals surface area contributed by atoms with E-state index in [1.54, 1.807) is 25.2 Å². The first-order chi connectivity index (χ1) is 12.5. The molecule has 0 unspecified atom stereocenters. The van der Waals surface area contributed by atoms with Crippen molar-refractivity contribution in [3.05, 3.63) is 70.8 Å². The molecule has 6 nitrogen and oxygen atoms in total. The third-order valence-electron chi connectivity index (χ3n) is 3.91. The Balaban J connectivity index is 1.87. The van der Waals surface area contributed by atoms with Gasteiger partial charge in [-0.15, -0.1) is 0 Å². The van der Waals surface area contributed by atoms with E-state index in [0.29, 0.717) is 18.7 Å². The molecule has 138 valence electrons. The molecule has 0 saturated carbocycles. The summed E-state index contributed by atoms with van der Waals surface area (Å²) in [5.74, 6) is -0.145. The van der Waals surface area contributed by atoms with Gasteiger partial charge in [-0.1, -0.05) is 36.4 Å². The first-order valence-electron chi connectivity index (χ1n) is 8.54. The monoisotopic (exact) mass is 354 g/mol. The second-order valence-corrected chi connectivity index (χ2v) is 6.32. The molecule has 0 bridgehead atoms. The third kappa shape index (κ3) is 5.89. The fourth-order valence-electron chi connectivity index (χ4n) is 2.61. The number of nitrogens with one attached hydrogen (secondary N) is 3. The zero-order valence-corrected chi connectivity index (χ0v) is 15.5. The number of rotatable bonds is 7. The SMILES string of the molecule is CNC(=O)c1cccc(CNC(=O)NCc2ccccc2CN(C)C)c1. The van der Waals surface area contributed by atoms with Gasteiger partial charge >= 0.3 is 6.03 Å². The molecular weight excluding hydrogens is 328 g/mol. The van der Waals surface area contributed by atoms with E-state index < -0.39 is 0 Å². The maximum absolute atomic E-state index is 12.1. The van der Waals surface area contributed by atoms with Crippen LogP contribution in [-0.4, -0.2) is 38.0 Å². The van der Waals surface area contributed by atoms with Crippen molar-refractivity contribution in [3.63, 3.8) is 0 Å². The van der Waals surface area contributed by atoms with Crippen molar-refractivity contribution in [3.8, 4) is 0 Å². The molecule has 0 radical (unpaired) electrons. The predicted octanol–water partition coefficient (Wildman–Crippen LogP) is 2.11. The number of hydrogen-bond acceptors (Lipinski definition) is 3. The third-order valence-corrected chi connectivity index (χ3v) is 3.91. The quantitative estimate of drug-likeness (QED) is 0.713. The van der Waals surface area contributed by atoms with Crippen LogP contribution in [0, 0.1) is 0 Å². The zero-order valence-electron chi connectivity index (χ0n) is 15.5.